The lowest BCUT2D eigenvalue weighted by Gasteiger charge is -1.97. The molecule has 0 amide bonds. The quantitative estimate of drug-likeness (QED) is 0.743. The Bertz CT molecular complexity index is 587. The molecule has 0 fully saturated rings. The van der Waals surface area contributed by atoms with Crippen LogP contribution in [0.1, 0.15) is 36.3 Å². The van der Waals surface area contributed by atoms with Gasteiger partial charge in [0.15, 0.2) is 5.78 Å². The molecule has 90 valence electrons. The number of aryl methyl sites for hydroxylation is 1. The second-order valence-electron chi connectivity index (χ2n) is 3.71. The van der Waals surface area contributed by atoms with E-state index in [0.717, 1.165) is 28.6 Å². The van der Waals surface area contributed by atoms with Crippen molar-refractivity contribution in [2.75, 3.05) is 0 Å². The average molecular weight is 270 g/mol. The van der Waals surface area contributed by atoms with Crippen molar-refractivity contribution in [3.63, 3.8) is 0 Å². The normalized spacial score (nSPS) is 13.5. The van der Waals surface area contributed by atoms with Crippen molar-refractivity contribution in [3.05, 3.63) is 33.4 Å². The Morgan fingerprint density at radius 1 is 1.12 bits per heavy atom. The summed E-state index contributed by atoms with van der Waals surface area (Å²) in [4.78, 5) is 14.6. The van der Waals surface area contributed by atoms with E-state index in [-0.39, 0.29) is 5.78 Å². The maximum absolute atomic E-state index is 11.5. The van der Waals surface area contributed by atoms with Crippen LogP contribution in [0.25, 0.3) is 10.9 Å². The number of hydrogen-bond acceptors (Lipinski definition) is 1. The van der Waals surface area contributed by atoms with E-state index in [0.29, 0.717) is 16.5 Å². The minimum Gasteiger partial charge on any atom is -0.352 e. The van der Waals surface area contributed by atoms with E-state index in [1.54, 1.807) is 6.07 Å². The molecular weight excluding hydrogens is 257 g/mol. The van der Waals surface area contributed by atoms with E-state index in [2.05, 4.69) is 4.98 Å². The molecule has 4 heteroatoms. The van der Waals surface area contributed by atoms with Crippen LogP contribution in [0.4, 0.5) is 0 Å². The highest BCUT2D eigenvalue weighted by molar-refractivity contribution is 6.42. The average Bonchev–Trinajstić information content (AvgIpc) is 2.84. The number of benzene rings is 1. The Hall–Kier alpha value is -0.990. The van der Waals surface area contributed by atoms with Crippen LogP contribution in [0.15, 0.2) is 12.1 Å². The molecule has 2 nitrogen and oxygen atoms in total. The number of aromatic nitrogens is 1. The third kappa shape index (κ3) is 1.96. The zero-order valence-corrected chi connectivity index (χ0v) is 11.2. The van der Waals surface area contributed by atoms with Crippen LogP contribution in [0.3, 0.4) is 0 Å². The predicted molar refractivity (Wildman–Crippen MR) is 72.3 cm³/mol. The van der Waals surface area contributed by atoms with E-state index < -0.39 is 0 Å². The summed E-state index contributed by atoms with van der Waals surface area (Å²) in [6.07, 6.45) is 1.39. The topological polar surface area (TPSA) is 32.9 Å². The predicted octanol–water partition coefficient (Wildman–Crippen LogP) is 4.63. The molecule has 1 aliphatic carbocycles. The fraction of sp³-hybridized carbons (Fsp3) is 0.308. The molecule has 1 N–H and O–H groups in total. The van der Waals surface area contributed by atoms with Gasteiger partial charge in [-0.2, -0.15) is 0 Å². The molecular formula is C13H13Cl2NO. The number of rotatable bonds is 0. The molecule has 0 aliphatic heterocycles. The molecule has 1 aliphatic rings. The van der Waals surface area contributed by atoms with E-state index in [1.807, 2.05) is 19.9 Å². The Kier molecular flexibility index (Phi) is 3.45. The molecule has 0 atom stereocenters. The summed E-state index contributed by atoms with van der Waals surface area (Å²) in [7, 11) is 0. The number of nitrogens with one attached hydrogen (secondary N) is 1. The summed E-state index contributed by atoms with van der Waals surface area (Å²) in [5.74, 6) is 0.174. The largest absolute Gasteiger partial charge is 0.352 e. The Balaban J connectivity index is 0.000000514. The van der Waals surface area contributed by atoms with Gasteiger partial charge in [0.2, 0.25) is 0 Å². The van der Waals surface area contributed by atoms with E-state index >= 15 is 0 Å². The van der Waals surface area contributed by atoms with Gasteiger partial charge in [0, 0.05) is 17.3 Å². The van der Waals surface area contributed by atoms with Crippen molar-refractivity contribution < 1.29 is 4.79 Å². The SMILES string of the molecule is CC.O=C1CCc2c1[nH]c1cc(Cl)c(Cl)cc21. The lowest BCUT2D eigenvalue weighted by molar-refractivity contribution is 0.0991. The van der Waals surface area contributed by atoms with Gasteiger partial charge in [-0.05, 0) is 24.1 Å². The van der Waals surface area contributed by atoms with Crippen molar-refractivity contribution in [2.24, 2.45) is 0 Å². The first-order chi connectivity index (χ1) is 8.16. The lowest BCUT2D eigenvalue weighted by Crippen LogP contribution is -1.90. The van der Waals surface area contributed by atoms with E-state index in [9.17, 15) is 4.79 Å². The molecule has 0 bridgehead atoms. The van der Waals surface area contributed by atoms with Gasteiger partial charge < -0.3 is 4.98 Å². The van der Waals surface area contributed by atoms with Gasteiger partial charge in [-0.1, -0.05) is 37.0 Å². The Labute approximate surface area is 110 Å². The molecule has 0 unspecified atom stereocenters. The molecule has 0 saturated carbocycles. The second kappa shape index (κ2) is 4.71. The molecule has 0 spiro atoms. The molecule has 1 aromatic heterocycles. The van der Waals surface area contributed by atoms with Crippen molar-refractivity contribution in [1.29, 1.82) is 0 Å². The minimum absolute atomic E-state index is 0.174. The number of ketones is 1. The highest BCUT2D eigenvalue weighted by Crippen LogP contribution is 2.34. The maximum Gasteiger partial charge on any atom is 0.179 e. The Morgan fingerprint density at radius 2 is 1.76 bits per heavy atom. The van der Waals surface area contributed by atoms with Gasteiger partial charge in [0.1, 0.15) is 0 Å². The molecule has 1 heterocycles. The number of carbonyl (C=O) groups excluding carboxylic acids is 1. The van der Waals surface area contributed by atoms with E-state index in [1.165, 1.54) is 0 Å². The van der Waals surface area contributed by atoms with Crippen LogP contribution in [-0.4, -0.2) is 10.8 Å². The van der Waals surface area contributed by atoms with Crippen molar-refractivity contribution in [3.8, 4) is 0 Å². The number of hydrogen-bond donors (Lipinski definition) is 1. The number of aromatic amines is 1. The van der Waals surface area contributed by atoms with Gasteiger partial charge in [-0.3, -0.25) is 4.79 Å². The van der Waals surface area contributed by atoms with Crippen LogP contribution in [0.5, 0.6) is 0 Å². The summed E-state index contributed by atoms with van der Waals surface area (Å²) < 4.78 is 0. The number of H-pyrrole nitrogens is 1. The van der Waals surface area contributed by atoms with Gasteiger partial charge in [0.05, 0.1) is 15.7 Å². The van der Waals surface area contributed by atoms with Crippen molar-refractivity contribution >= 4 is 39.9 Å². The summed E-state index contributed by atoms with van der Waals surface area (Å²) >= 11 is 11.9. The summed E-state index contributed by atoms with van der Waals surface area (Å²) in [6.45, 7) is 4.00. The number of halogens is 2. The molecule has 2 aromatic rings. The van der Waals surface area contributed by atoms with Gasteiger partial charge in [0.25, 0.3) is 0 Å². The summed E-state index contributed by atoms with van der Waals surface area (Å²) in [5, 5.41) is 2.06. The van der Waals surface area contributed by atoms with Crippen molar-refractivity contribution in [1.82, 2.24) is 4.98 Å². The number of Topliss-reactive ketones (excluding diaryl/α,β-unsaturated/α-hetero) is 1. The van der Waals surface area contributed by atoms with Crippen LogP contribution >= 0.6 is 23.2 Å². The summed E-state index contributed by atoms with van der Waals surface area (Å²) in [5.41, 5.74) is 2.69. The van der Waals surface area contributed by atoms with Crippen LogP contribution in [0, 0.1) is 0 Å². The first-order valence-electron chi connectivity index (χ1n) is 5.69. The monoisotopic (exact) mass is 269 g/mol. The molecule has 1 aromatic carbocycles. The van der Waals surface area contributed by atoms with Crippen LogP contribution < -0.4 is 0 Å². The third-order valence-corrected chi connectivity index (χ3v) is 3.55. The first-order valence-corrected chi connectivity index (χ1v) is 6.45. The molecule has 3 rings (SSSR count). The second-order valence-corrected chi connectivity index (χ2v) is 4.53. The van der Waals surface area contributed by atoms with Gasteiger partial charge in [-0.15, -0.1) is 0 Å². The van der Waals surface area contributed by atoms with Crippen molar-refractivity contribution in [2.45, 2.75) is 26.7 Å². The third-order valence-electron chi connectivity index (χ3n) is 2.83. The highest BCUT2D eigenvalue weighted by atomic mass is 35.5. The number of fused-ring (bicyclic) bond motifs is 3. The number of carbonyl (C=O) groups is 1. The van der Waals surface area contributed by atoms with Crippen LogP contribution in [0.2, 0.25) is 10.0 Å². The lowest BCUT2D eigenvalue weighted by atomic mass is 10.1. The van der Waals surface area contributed by atoms with Gasteiger partial charge >= 0.3 is 0 Å². The smallest absolute Gasteiger partial charge is 0.179 e. The zero-order chi connectivity index (χ0) is 12.6. The highest BCUT2D eigenvalue weighted by Gasteiger charge is 2.24. The maximum atomic E-state index is 11.5. The Morgan fingerprint density at radius 3 is 2.47 bits per heavy atom. The fourth-order valence-electron chi connectivity index (χ4n) is 2.11. The van der Waals surface area contributed by atoms with Gasteiger partial charge in [-0.25, -0.2) is 0 Å². The summed E-state index contributed by atoms with van der Waals surface area (Å²) in [6, 6.07) is 3.60. The molecule has 0 radical (unpaired) electrons. The fourth-order valence-corrected chi connectivity index (χ4v) is 2.43. The first kappa shape index (κ1) is 12.5. The standard InChI is InChI=1S/C11H7Cl2NO.C2H6/c12-7-3-6-5-1-2-10(15)11(5)14-9(6)4-8(7)13;1-2/h3-4,14H,1-2H2;1-2H3. The molecule has 0 saturated heterocycles. The van der Waals surface area contributed by atoms with E-state index in [4.69, 9.17) is 23.2 Å². The van der Waals surface area contributed by atoms with Crippen LogP contribution in [-0.2, 0) is 6.42 Å². The minimum atomic E-state index is 0.174. The zero-order valence-electron chi connectivity index (χ0n) is 9.73. The molecule has 17 heavy (non-hydrogen) atoms.